The molecule has 0 heterocycles. The maximum Gasteiger partial charge on any atom is 0.120 e. The summed E-state index contributed by atoms with van der Waals surface area (Å²) >= 11 is 5.86. The molecule has 1 unspecified atom stereocenters. The molecule has 0 saturated carbocycles. The molecule has 5 heteroatoms. The summed E-state index contributed by atoms with van der Waals surface area (Å²) in [6.45, 7) is 0.574. The maximum absolute atomic E-state index is 9.92. The normalized spacial score (nSPS) is 11.8. The average Bonchev–Trinajstić information content (AvgIpc) is 2.51. The van der Waals surface area contributed by atoms with Gasteiger partial charge in [0.1, 0.15) is 24.2 Å². The number of hydrogen-bond donors (Lipinski definition) is 2. The van der Waals surface area contributed by atoms with Crippen molar-refractivity contribution in [2.24, 2.45) is 0 Å². The molecular weight excluding hydrogens is 290 g/mol. The fraction of sp³-hybridized carbons (Fsp3) is 0.250. The molecule has 112 valence electrons. The third-order valence-electron chi connectivity index (χ3n) is 2.85. The molecule has 0 aliphatic heterocycles. The first-order valence-corrected chi connectivity index (χ1v) is 6.99. The Morgan fingerprint density at radius 2 is 1.90 bits per heavy atom. The number of aliphatic hydroxyl groups excluding tert-OH is 1. The quantitative estimate of drug-likeness (QED) is 0.825. The molecule has 0 radical (unpaired) electrons. The third-order valence-corrected chi connectivity index (χ3v) is 3.09. The number of methoxy groups -OCH3 is 1. The van der Waals surface area contributed by atoms with Gasteiger partial charge in [0.05, 0.1) is 7.11 Å². The number of rotatable bonds is 7. The fourth-order valence-electron chi connectivity index (χ4n) is 1.78. The lowest BCUT2D eigenvalue weighted by atomic mass is 10.3. The second kappa shape index (κ2) is 7.76. The van der Waals surface area contributed by atoms with Crippen LogP contribution in [0.1, 0.15) is 0 Å². The summed E-state index contributed by atoms with van der Waals surface area (Å²) < 4.78 is 10.6. The van der Waals surface area contributed by atoms with E-state index in [1.165, 1.54) is 0 Å². The Labute approximate surface area is 129 Å². The van der Waals surface area contributed by atoms with Gasteiger partial charge in [-0.05, 0) is 30.3 Å². The van der Waals surface area contributed by atoms with Crippen LogP contribution in [0.4, 0.5) is 5.69 Å². The van der Waals surface area contributed by atoms with Gasteiger partial charge < -0.3 is 19.9 Å². The summed E-state index contributed by atoms with van der Waals surface area (Å²) in [5, 5.41) is 13.7. The van der Waals surface area contributed by atoms with E-state index in [2.05, 4.69) is 5.32 Å². The SMILES string of the molecule is COc1cccc(NCC(O)COc2cccc(Cl)c2)c1. The van der Waals surface area contributed by atoms with Gasteiger partial charge in [0, 0.05) is 23.3 Å². The van der Waals surface area contributed by atoms with Crippen LogP contribution in [0.15, 0.2) is 48.5 Å². The third kappa shape index (κ3) is 5.17. The Morgan fingerprint density at radius 3 is 2.67 bits per heavy atom. The van der Waals surface area contributed by atoms with Crippen molar-refractivity contribution in [2.75, 3.05) is 25.6 Å². The molecule has 2 aromatic rings. The van der Waals surface area contributed by atoms with Crippen molar-refractivity contribution in [1.29, 1.82) is 0 Å². The number of hydrogen-bond acceptors (Lipinski definition) is 4. The lowest BCUT2D eigenvalue weighted by molar-refractivity contribution is 0.117. The van der Waals surface area contributed by atoms with Gasteiger partial charge in [0.15, 0.2) is 0 Å². The first kappa shape index (κ1) is 15.5. The predicted molar refractivity (Wildman–Crippen MR) is 84.4 cm³/mol. The molecule has 21 heavy (non-hydrogen) atoms. The van der Waals surface area contributed by atoms with Crippen molar-refractivity contribution in [3.05, 3.63) is 53.6 Å². The van der Waals surface area contributed by atoms with E-state index in [1.807, 2.05) is 24.3 Å². The van der Waals surface area contributed by atoms with Crippen LogP contribution in [0.25, 0.3) is 0 Å². The van der Waals surface area contributed by atoms with E-state index in [9.17, 15) is 5.11 Å². The number of nitrogens with one attached hydrogen (secondary N) is 1. The monoisotopic (exact) mass is 307 g/mol. The zero-order chi connectivity index (χ0) is 15.1. The van der Waals surface area contributed by atoms with Gasteiger partial charge >= 0.3 is 0 Å². The Balaban J connectivity index is 1.78. The van der Waals surface area contributed by atoms with Gasteiger partial charge in [0.25, 0.3) is 0 Å². The highest BCUT2D eigenvalue weighted by Crippen LogP contribution is 2.18. The number of anilines is 1. The lowest BCUT2D eigenvalue weighted by Crippen LogP contribution is -2.26. The van der Waals surface area contributed by atoms with E-state index in [1.54, 1.807) is 31.4 Å². The zero-order valence-corrected chi connectivity index (χ0v) is 12.5. The Kier molecular flexibility index (Phi) is 5.72. The smallest absolute Gasteiger partial charge is 0.120 e. The molecule has 1 atom stereocenters. The van der Waals surface area contributed by atoms with Crippen LogP contribution in [0.3, 0.4) is 0 Å². The minimum absolute atomic E-state index is 0.192. The van der Waals surface area contributed by atoms with Crippen LogP contribution >= 0.6 is 11.6 Å². The van der Waals surface area contributed by atoms with Gasteiger partial charge in [-0.1, -0.05) is 23.7 Å². The number of ether oxygens (including phenoxy) is 2. The molecule has 2 aromatic carbocycles. The van der Waals surface area contributed by atoms with Crippen molar-refractivity contribution >= 4 is 17.3 Å². The van der Waals surface area contributed by atoms with Crippen molar-refractivity contribution in [1.82, 2.24) is 0 Å². The summed E-state index contributed by atoms with van der Waals surface area (Å²) in [5.74, 6) is 1.41. The molecule has 0 saturated heterocycles. The van der Waals surface area contributed by atoms with Crippen molar-refractivity contribution in [3.63, 3.8) is 0 Å². The molecule has 0 aliphatic carbocycles. The lowest BCUT2D eigenvalue weighted by Gasteiger charge is -2.14. The predicted octanol–water partition coefficient (Wildman–Crippen LogP) is 3.20. The van der Waals surface area contributed by atoms with Crippen molar-refractivity contribution in [2.45, 2.75) is 6.10 Å². The zero-order valence-electron chi connectivity index (χ0n) is 11.8. The van der Waals surface area contributed by atoms with Crippen molar-refractivity contribution < 1.29 is 14.6 Å². The van der Waals surface area contributed by atoms with E-state index < -0.39 is 6.10 Å². The molecule has 0 fully saturated rings. The van der Waals surface area contributed by atoms with Crippen LogP contribution in [-0.4, -0.2) is 31.5 Å². The molecular formula is C16H18ClNO3. The summed E-state index contributed by atoms with van der Waals surface area (Å²) in [4.78, 5) is 0. The molecule has 4 nitrogen and oxygen atoms in total. The van der Waals surface area contributed by atoms with Crippen LogP contribution in [0, 0.1) is 0 Å². The highest BCUT2D eigenvalue weighted by molar-refractivity contribution is 6.30. The summed E-state index contributed by atoms with van der Waals surface area (Å²) in [5.41, 5.74) is 0.885. The fourth-order valence-corrected chi connectivity index (χ4v) is 1.96. The first-order chi connectivity index (χ1) is 10.2. The molecule has 0 bridgehead atoms. The summed E-state index contributed by atoms with van der Waals surface area (Å²) in [7, 11) is 1.62. The van der Waals surface area contributed by atoms with E-state index >= 15 is 0 Å². The molecule has 2 N–H and O–H groups in total. The second-order valence-electron chi connectivity index (χ2n) is 4.54. The number of benzene rings is 2. The van der Waals surface area contributed by atoms with E-state index in [-0.39, 0.29) is 6.61 Å². The number of halogens is 1. The first-order valence-electron chi connectivity index (χ1n) is 6.62. The molecule has 2 rings (SSSR count). The highest BCUT2D eigenvalue weighted by atomic mass is 35.5. The van der Waals surface area contributed by atoms with Crippen LogP contribution in [-0.2, 0) is 0 Å². The van der Waals surface area contributed by atoms with Gasteiger partial charge in [-0.3, -0.25) is 0 Å². The summed E-state index contributed by atoms with van der Waals surface area (Å²) in [6.07, 6.45) is -0.629. The second-order valence-corrected chi connectivity index (χ2v) is 4.97. The Hall–Kier alpha value is -1.91. The van der Waals surface area contributed by atoms with Gasteiger partial charge in [-0.15, -0.1) is 0 Å². The molecule has 0 aliphatic rings. The maximum atomic E-state index is 9.92. The molecule has 0 amide bonds. The van der Waals surface area contributed by atoms with Gasteiger partial charge in [0.2, 0.25) is 0 Å². The largest absolute Gasteiger partial charge is 0.497 e. The minimum Gasteiger partial charge on any atom is -0.497 e. The van der Waals surface area contributed by atoms with Crippen LogP contribution < -0.4 is 14.8 Å². The minimum atomic E-state index is -0.629. The standard InChI is InChI=1S/C16H18ClNO3/c1-20-15-6-3-5-13(9-15)18-10-14(19)11-21-16-7-2-4-12(17)8-16/h2-9,14,18-19H,10-11H2,1H3. The molecule has 0 spiro atoms. The van der Waals surface area contributed by atoms with E-state index in [0.717, 1.165) is 11.4 Å². The van der Waals surface area contributed by atoms with E-state index in [4.69, 9.17) is 21.1 Å². The topological polar surface area (TPSA) is 50.7 Å². The van der Waals surface area contributed by atoms with Crippen LogP contribution in [0.2, 0.25) is 5.02 Å². The Bertz CT molecular complexity index is 577. The number of aliphatic hydroxyl groups is 1. The summed E-state index contributed by atoms with van der Waals surface area (Å²) in [6, 6.07) is 14.6. The van der Waals surface area contributed by atoms with Gasteiger partial charge in [-0.25, -0.2) is 0 Å². The molecule has 0 aromatic heterocycles. The highest BCUT2D eigenvalue weighted by Gasteiger charge is 2.06. The average molecular weight is 308 g/mol. The van der Waals surface area contributed by atoms with Crippen LogP contribution in [0.5, 0.6) is 11.5 Å². The van der Waals surface area contributed by atoms with Crippen molar-refractivity contribution in [3.8, 4) is 11.5 Å². The van der Waals surface area contributed by atoms with E-state index in [0.29, 0.717) is 17.3 Å². The van der Waals surface area contributed by atoms with Gasteiger partial charge in [-0.2, -0.15) is 0 Å². The Morgan fingerprint density at radius 1 is 1.14 bits per heavy atom.